The maximum Gasteiger partial charge on any atom is 0.195 e. The van der Waals surface area contributed by atoms with Crippen LogP contribution in [0.15, 0.2) is 121 Å². The van der Waals surface area contributed by atoms with Crippen LogP contribution < -0.4 is 0 Å². The maximum atomic E-state index is 11.0. The summed E-state index contributed by atoms with van der Waals surface area (Å²) in [5, 5.41) is 27.5. The van der Waals surface area contributed by atoms with Crippen LogP contribution in [0.5, 0.6) is 0 Å². The van der Waals surface area contributed by atoms with Crippen LogP contribution in [-0.4, -0.2) is 0 Å². The minimum absolute atomic E-state index is 0.108. The van der Waals surface area contributed by atoms with Gasteiger partial charge in [0.25, 0.3) is 0 Å². The van der Waals surface area contributed by atoms with Gasteiger partial charge in [0.15, 0.2) is 5.69 Å². The Morgan fingerprint density at radius 1 is 0.463 bits per heavy atom. The first-order valence-electron chi connectivity index (χ1n) is 18.8. The van der Waals surface area contributed by atoms with Crippen LogP contribution >= 0.6 is 0 Å². The summed E-state index contributed by atoms with van der Waals surface area (Å²) in [5.41, 5.74) is 7.41. The molecule has 10 aromatic carbocycles. The molecule has 0 N–H and O–H groups in total. The van der Waals surface area contributed by atoms with E-state index in [1.54, 1.807) is 0 Å². The molecule has 0 aliphatic carbocycles. The molecule has 54 heavy (non-hydrogen) atoms. The molecule has 2 heteroatoms. The Morgan fingerprint density at radius 2 is 1.00 bits per heavy atom. The monoisotopic (exact) mass is 690 g/mol. The van der Waals surface area contributed by atoms with Crippen LogP contribution in [0, 0.1) is 17.9 Å². The minimum atomic E-state index is -0.115. The van der Waals surface area contributed by atoms with E-state index in [0.717, 1.165) is 60.3 Å². The molecule has 0 aliphatic heterocycles. The van der Waals surface area contributed by atoms with E-state index >= 15 is 0 Å². The van der Waals surface area contributed by atoms with E-state index in [2.05, 4.69) is 174 Å². The number of rotatable bonds is 2. The van der Waals surface area contributed by atoms with Crippen molar-refractivity contribution in [3.05, 3.63) is 149 Å². The van der Waals surface area contributed by atoms with Gasteiger partial charge in [-0.25, -0.2) is 4.85 Å². The Labute approximate surface area is 315 Å². The van der Waals surface area contributed by atoms with Crippen molar-refractivity contribution in [2.24, 2.45) is 0 Å². The molecule has 0 saturated carbocycles. The van der Waals surface area contributed by atoms with Crippen LogP contribution in [0.3, 0.4) is 0 Å². The lowest BCUT2D eigenvalue weighted by atomic mass is 9.80. The topological polar surface area (TPSA) is 28.1 Å². The fraction of sp³-hybridized carbons (Fsp3) is 0.154. The zero-order valence-corrected chi connectivity index (χ0v) is 31.4. The highest BCUT2D eigenvalue weighted by atomic mass is 14.6. The molecule has 2 nitrogen and oxygen atoms in total. The maximum absolute atomic E-state index is 11.0. The highest BCUT2D eigenvalue weighted by Gasteiger charge is 2.29. The average molecular weight is 691 g/mol. The van der Waals surface area contributed by atoms with Crippen LogP contribution in [0.25, 0.3) is 103 Å². The Balaban J connectivity index is 1.55. The largest absolute Gasteiger partial charge is 0.238 e. The third-order valence-corrected chi connectivity index (χ3v) is 11.9. The summed E-state index contributed by atoms with van der Waals surface area (Å²) in [7, 11) is 0. The first-order valence-corrected chi connectivity index (χ1v) is 18.8. The zero-order chi connectivity index (χ0) is 37.3. The minimum Gasteiger partial charge on any atom is -0.238 e. The molecule has 0 spiro atoms. The zero-order valence-electron chi connectivity index (χ0n) is 31.4. The Morgan fingerprint density at radius 3 is 1.63 bits per heavy atom. The predicted octanol–water partition coefficient (Wildman–Crippen LogP) is 15.0. The van der Waals surface area contributed by atoms with Crippen LogP contribution in [0.4, 0.5) is 5.69 Å². The molecule has 256 valence electrons. The summed E-state index contributed by atoms with van der Waals surface area (Å²) in [5.74, 6) is 0. The quantitative estimate of drug-likeness (QED) is 0.131. The second-order valence-electron chi connectivity index (χ2n) is 17.0. The first kappa shape index (κ1) is 32.2. The van der Waals surface area contributed by atoms with Crippen molar-refractivity contribution in [1.82, 2.24) is 0 Å². The Bertz CT molecular complexity index is 3290. The second kappa shape index (κ2) is 11.0. The molecule has 0 fully saturated rings. The number of hydrogen-bond donors (Lipinski definition) is 0. The molecule has 0 radical (unpaired) electrons. The summed E-state index contributed by atoms with van der Waals surface area (Å²) < 4.78 is 0. The molecule has 0 amide bonds. The van der Waals surface area contributed by atoms with Gasteiger partial charge in [0.05, 0.1) is 18.2 Å². The van der Waals surface area contributed by atoms with Crippen molar-refractivity contribution in [2.45, 2.75) is 52.4 Å². The molecular formula is C52H38N2. The molecule has 0 heterocycles. The van der Waals surface area contributed by atoms with E-state index in [0.29, 0.717) is 11.3 Å². The molecule has 0 saturated heterocycles. The Hall–Kier alpha value is -6.48. The van der Waals surface area contributed by atoms with Crippen molar-refractivity contribution in [2.75, 3.05) is 0 Å². The van der Waals surface area contributed by atoms with Crippen molar-refractivity contribution >= 4 is 81.1 Å². The summed E-state index contributed by atoms with van der Waals surface area (Å²) >= 11 is 0. The molecule has 0 unspecified atom stereocenters. The van der Waals surface area contributed by atoms with Gasteiger partial charge in [-0.15, -0.1) is 0 Å². The van der Waals surface area contributed by atoms with Gasteiger partial charge in [-0.1, -0.05) is 156 Å². The van der Waals surface area contributed by atoms with E-state index in [1.807, 2.05) is 0 Å². The van der Waals surface area contributed by atoms with E-state index < -0.39 is 0 Å². The van der Waals surface area contributed by atoms with Crippen molar-refractivity contribution in [3.63, 3.8) is 0 Å². The van der Waals surface area contributed by atoms with E-state index in [-0.39, 0.29) is 10.8 Å². The lowest BCUT2D eigenvalue weighted by Crippen LogP contribution is -2.11. The van der Waals surface area contributed by atoms with E-state index in [9.17, 15) is 5.26 Å². The lowest BCUT2D eigenvalue weighted by Gasteiger charge is -2.23. The SMILES string of the molecule is [C-]#[N+]c1cc(C(C)(C)C)ccc1-c1c2cc3c4ccccc4c4cccc(c2c(-c2ccc(C(C)(C)C)cc2C#N)c2c5cccc6cccc(c12)c65)c43. The standard InChI is InChI=1S/C52H38N2/c1-51(2,3)31-21-23-33(30(25-31)28-53)48-47-40-20-12-17-36-34-15-8-9-16-35(34)41(45(36)40)27-42(47)46(37-24-22-32(52(4,5)6)26-43(37)54-7)49-38-18-10-13-29-14-11-19-39(44(29)38)50(48)49/h8-27H,1-6H3. The molecule has 0 atom stereocenters. The summed E-state index contributed by atoms with van der Waals surface area (Å²) in [6.07, 6.45) is 0. The molecule has 0 bridgehead atoms. The van der Waals surface area contributed by atoms with Crippen molar-refractivity contribution in [3.8, 4) is 28.3 Å². The van der Waals surface area contributed by atoms with Crippen LogP contribution in [-0.2, 0) is 10.8 Å². The van der Waals surface area contributed by atoms with Crippen molar-refractivity contribution < 1.29 is 0 Å². The molecule has 0 aromatic heterocycles. The van der Waals surface area contributed by atoms with Gasteiger partial charge in [0, 0.05) is 5.56 Å². The van der Waals surface area contributed by atoms with E-state index in [1.165, 1.54) is 48.5 Å². The number of nitriles is 1. The normalized spacial score (nSPS) is 12.6. The highest BCUT2D eigenvalue weighted by Crippen LogP contribution is 2.56. The molecular weight excluding hydrogens is 653 g/mol. The van der Waals surface area contributed by atoms with Crippen LogP contribution in [0.2, 0.25) is 0 Å². The third kappa shape index (κ3) is 4.32. The van der Waals surface area contributed by atoms with Gasteiger partial charge < -0.3 is 0 Å². The number of fused-ring (bicyclic) bond motifs is 8. The van der Waals surface area contributed by atoms with Gasteiger partial charge >= 0.3 is 0 Å². The number of nitrogens with zero attached hydrogens (tertiary/aromatic N) is 2. The number of hydrogen-bond acceptors (Lipinski definition) is 1. The predicted molar refractivity (Wildman–Crippen MR) is 231 cm³/mol. The van der Waals surface area contributed by atoms with Gasteiger partial charge in [0.1, 0.15) is 0 Å². The highest BCUT2D eigenvalue weighted by molar-refractivity contribution is 6.45. The summed E-state index contributed by atoms with van der Waals surface area (Å²) in [4.78, 5) is 4.25. The Kier molecular flexibility index (Phi) is 6.57. The lowest BCUT2D eigenvalue weighted by molar-refractivity contribution is 0.590. The van der Waals surface area contributed by atoms with E-state index in [4.69, 9.17) is 6.57 Å². The summed E-state index contributed by atoms with van der Waals surface area (Å²) in [6.45, 7) is 21.8. The molecule has 10 rings (SSSR count). The fourth-order valence-electron chi connectivity index (χ4n) is 9.32. The van der Waals surface area contributed by atoms with Gasteiger partial charge in [-0.2, -0.15) is 5.26 Å². The third-order valence-electron chi connectivity index (χ3n) is 11.9. The van der Waals surface area contributed by atoms with Crippen LogP contribution in [0.1, 0.15) is 58.2 Å². The van der Waals surface area contributed by atoms with Gasteiger partial charge in [0.2, 0.25) is 0 Å². The second-order valence-corrected chi connectivity index (χ2v) is 17.0. The fourth-order valence-corrected chi connectivity index (χ4v) is 9.32. The number of benzene rings is 8. The first-order chi connectivity index (χ1) is 26.0. The summed E-state index contributed by atoms with van der Waals surface area (Å²) in [6, 6.07) is 46.7. The molecule has 0 aliphatic rings. The average Bonchev–Trinajstić information content (AvgIpc) is 3.67. The van der Waals surface area contributed by atoms with Gasteiger partial charge in [-0.3, -0.25) is 0 Å². The van der Waals surface area contributed by atoms with Gasteiger partial charge in [-0.05, 0) is 121 Å². The molecule has 10 aromatic rings. The smallest absolute Gasteiger partial charge is 0.195 e. The van der Waals surface area contributed by atoms with Crippen molar-refractivity contribution in [1.29, 1.82) is 5.26 Å².